The third-order valence-corrected chi connectivity index (χ3v) is 4.95. The van der Waals surface area contributed by atoms with Gasteiger partial charge in [-0.05, 0) is 18.2 Å². The summed E-state index contributed by atoms with van der Waals surface area (Å²) in [5, 5.41) is 0. The summed E-state index contributed by atoms with van der Waals surface area (Å²) in [4.78, 5) is 60.3. The zero-order chi connectivity index (χ0) is 24.3. The molecule has 0 spiro atoms. The summed E-state index contributed by atoms with van der Waals surface area (Å²) in [5.41, 5.74) is 0.193. The maximum atomic E-state index is 12.5. The lowest BCUT2D eigenvalue weighted by Crippen LogP contribution is -2.63. The van der Waals surface area contributed by atoms with Crippen molar-refractivity contribution in [2.45, 2.75) is 51.4 Å². The smallest absolute Gasteiger partial charge is 0.417 e. The van der Waals surface area contributed by atoms with Gasteiger partial charge in [0.1, 0.15) is 24.5 Å². The van der Waals surface area contributed by atoms with Crippen molar-refractivity contribution in [2.75, 3.05) is 13.7 Å². The summed E-state index contributed by atoms with van der Waals surface area (Å²) >= 11 is 0. The van der Waals surface area contributed by atoms with Gasteiger partial charge < -0.3 is 28.4 Å². The highest BCUT2D eigenvalue weighted by atomic mass is 16.7. The third-order valence-electron chi connectivity index (χ3n) is 4.95. The normalized spacial score (nSPS) is 26.0. The van der Waals surface area contributed by atoms with E-state index in [1.165, 1.54) is 32.2 Å². The molecule has 1 aromatic carbocycles. The predicted octanol–water partition coefficient (Wildman–Crippen LogP) is 0.808. The fraction of sp³-hybridized carbons (Fsp3) is 0.476. The molecule has 0 N–H and O–H groups in total. The van der Waals surface area contributed by atoms with Gasteiger partial charge in [0.05, 0.1) is 12.7 Å². The second-order valence-corrected chi connectivity index (χ2v) is 7.28. The average Bonchev–Trinajstić information content (AvgIpc) is 3.11. The zero-order valence-electron chi connectivity index (χ0n) is 18.3. The highest BCUT2D eigenvalue weighted by Crippen LogP contribution is 2.36. The summed E-state index contributed by atoms with van der Waals surface area (Å²) < 4.78 is 32.2. The van der Waals surface area contributed by atoms with E-state index in [1.807, 2.05) is 0 Å². The molecule has 2 aliphatic rings. The fourth-order valence-corrected chi connectivity index (χ4v) is 3.64. The molecule has 5 atom stereocenters. The second-order valence-electron chi connectivity index (χ2n) is 7.28. The number of imide groups is 1. The van der Waals surface area contributed by atoms with Crippen LogP contribution in [0.4, 0.5) is 4.79 Å². The van der Waals surface area contributed by atoms with Crippen LogP contribution >= 0.6 is 0 Å². The average molecular weight is 465 g/mol. The van der Waals surface area contributed by atoms with Gasteiger partial charge in [-0.15, -0.1) is 0 Å². The summed E-state index contributed by atoms with van der Waals surface area (Å²) in [5.74, 6) is -2.39. The van der Waals surface area contributed by atoms with Gasteiger partial charge >= 0.3 is 24.0 Å². The molecule has 2 fully saturated rings. The summed E-state index contributed by atoms with van der Waals surface area (Å²) in [6.45, 7) is 3.16. The molecule has 1 aromatic rings. The van der Waals surface area contributed by atoms with Gasteiger partial charge in [-0.1, -0.05) is 6.07 Å². The number of rotatable bonds is 6. The molecule has 0 aromatic heterocycles. The SMILES string of the molecule is COC(=O)c1cccc(OC2O[C@H](COC(C)=O)[C@@H](OC(C)=O)[C@@H]3OC(=O)N(C(C)=O)[C@@H]23)c1. The number of fused-ring (bicyclic) bond motifs is 1. The number of benzene rings is 1. The molecule has 178 valence electrons. The van der Waals surface area contributed by atoms with Crippen LogP contribution in [-0.4, -0.2) is 79.2 Å². The zero-order valence-corrected chi connectivity index (χ0v) is 18.3. The van der Waals surface area contributed by atoms with E-state index in [-0.39, 0.29) is 17.9 Å². The molecule has 2 heterocycles. The van der Waals surface area contributed by atoms with E-state index >= 15 is 0 Å². The standard InChI is InChI=1S/C21H23NO11/c1-10(23)22-16-18(33-21(22)27)17(30-12(3)25)15(9-29-11(2)24)32-20(16)31-14-7-5-6-13(8-14)19(26)28-4/h5-8,15-18,20H,9H2,1-4H3/t15-,16-,17-,18-,20?/m1/s1. The maximum absolute atomic E-state index is 12.5. The second kappa shape index (κ2) is 9.86. The number of methoxy groups -OCH3 is 1. The molecule has 3 rings (SSSR count). The van der Waals surface area contributed by atoms with Crippen LogP contribution in [0.15, 0.2) is 24.3 Å². The maximum Gasteiger partial charge on any atom is 0.417 e. The van der Waals surface area contributed by atoms with Gasteiger partial charge in [0.25, 0.3) is 0 Å². The van der Waals surface area contributed by atoms with Crippen molar-refractivity contribution in [3.8, 4) is 5.75 Å². The number of amides is 2. The molecular weight excluding hydrogens is 442 g/mol. The third kappa shape index (κ3) is 5.22. The molecular formula is C21H23NO11. The molecule has 0 radical (unpaired) electrons. The first kappa shape index (κ1) is 24.0. The van der Waals surface area contributed by atoms with Gasteiger partial charge in [-0.2, -0.15) is 0 Å². The van der Waals surface area contributed by atoms with E-state index in [4.69, 9.17) is 28.4 Å². The number of hydrogen-bond donors (Lipinski definition) is 0. The first-order valence-electron chi connectivity index (χ1n) is 9.94. The van der Waals surface area contributed by atoms with Crippen LogP contribution in [0.1, 0.15) is 31.1 Å². The van der Waals surface area contributed by atoms with Crippen molar-refractivity contribution in [1.82, 2.24) is 4.90 Å². The van der Waals surface area contributed by atoms with Gasteiger partial charge in [0.2, 0.25) is 12.2 Å². The topological polar surface area (TPSA) is 144 Å². The number of nitrogens with zero attached hydrogens (tertiary/aromatic N) is 1. The Hall–Kier alpha value is -3.67. The minimum atomic E-state index is -1.30. The van der Waals surface area contributed by atoms with Crippen molar-refractivity contribution in [3.05, 3.63) is 29.8 Å². The van der Waals surface area contributed by atoms with Crippen molar-refractivity contribution in [2.24, 2.45) is 0 Å². The van der Waals surface area contributed by atoms with Crippen molar-refractivity contribution >= 4 is 29.9 Å². The van der Waals surface area contributed by atoms with Gasteiger partial charge in [0.15, 0.2) is 12.2 Å². The fourth-order valence-electron chi connectivity index (χ4n) is 3.64. The van der Waals surface area contributed by atoms with Crippen LogP contribution in [0.2, 0.25) is 0 Å². The predicted molar refractivity (Wildman–Crippen MR) is 106 cm³/mol. The number of carbonyl (C=O) groups is 5. The molecule has 33 heavy (non-hydrogen) atoms. The first-order chi connectivity index (χ1) is 15.6. The molecule has 0 bridgehead atoms. The van der Waals surface area contributed by atoms with E-state index in [0.29, 0.717) is 0 Å². The van der Waals surface area contributed by atoms with E-state index in [2.05, 4.69) is 0 Å². The molecule has 0 aliphatic carbocycles. The van der Waals surface area contributed by atoms with E-state index in [1.54, 1.807) is 6.07 Å². The van der Waals surface area contributed by atoms with Crippen LogP contribution in [0.3, 0.4) is 0 Å². The largest absolute Gasteiger partial charge is 0.465 e. The quantitative estimate of drug-likeness (QED) is 0.435. The van der Waals surface area contributed by atoms with Crippen LogP contribution in [0.5, 0.6) is 5.75 Å². The Morgan fingerprint density at radius 3 is 2.42 bits per heavy atom. The molecule has 0 saturated carbocycles. The highest BCUT2D eigenvalue weighted by Gasteiger charge is 2.60. The minimum Gasteiger partial charge on any atom is -0.465 e. The Balaban J connectivity index is 1.97. The Kier molecular flexibility index (Phi) is 7.16. The lowest BCUT2D eigenvalue weighted by atomic mass is 9.96. The van der Waals surface area contributed by atoms with Crippen LogP contribution in [0, 0.1) is 0 Å². The van der Waals surface area contributed by atoms with E-state index < -0.39 is 60.6 Å². The van der Waals surface area contributed by atoms with Gasteiger partial charge in [-0.3, -0.25) is 14.4 Å². The Labute approximate surface area is 188 Å². The Bertz CT molecular complexity index is 961. The van der Waals surface area contributed by atoms with E-state index in [0.717, 1.165) is 18.7 Å². The van der Waals surface area contributed by atoms with Crippen molar-refractivity contribution in [1.29, 1.82) is 0 Å². The Morgan fingerprint density at radius 1 is 1.09 bits per heavy atom. The summed E-state index contributed by atoms with van der Waals surface area (Å²) in [7, 11) is 1.23. The monoisotopic (exact) mass is 465 g/mol. The lowest BCUT2D eigenvalue weighted by molar-refractivity contribution is -0.247. The van der Waals surface area contributed by atoms with Gasteiger partial charge in [-0.25, -0.2) is 14.5 Å². The molecule has 1 unspecified atom stereocenters. The molecule has 2 amide bonds. The summed E-state index contributed by atoms with van der Waals surface area (Å²) in [6.07, 6.45) is -5.68. The summed E-state index contributed by atoms with van der Waals surface area (Å²) in [6, 6.07) is 4.83. The van der Waals surface area contributed by atoms with Crippen LogP contribution in [-0.2, 0) is 38.1 Å². The minimum absolute atomic E-state index is 0.168. The van der Waals surface area contributed by atoms with Crippen LogP contribution < -0.4 is 4.74 Å². The number of esters is 3. The number of hydrogen-bond acceptors (Lipinski definition) is 11. The van der Waals surface area contributed by atoms with Gasteiger partial charge in [0, 0.05) is 20.8 Å². The van der Waals surface area contributed by atoms with Crippen molar-refractivity contribution < 1.29 is 52.4 Å². The Morgan fingerprint density at radius 2 is 1.82 bits per heavy atom. The lowest BCUT2D eigenvalue weighted by Gasteiger charge is -2.42. The first-order valence-corrected chi connectivity index (χ1v) is 9.94. The molecule has 12 nitrogen and oxygen atoms in total. The number of ether oxygens (including phenoxy) is 6. The van der Waals surface area contributed by atoms with E-state index in [9.17, 15) is 24.0 Å². The van der Waals surface area contributed by atoms with Crippen LogP contribution in [0.25, 0.3) is 0 Å². The van der Waals surface area contributed by atoms with Crippen molar-refractivity contribution in [3.63, 3.8) is 0 Å². The molecule has 2 aliphatic heterocycles. The number of carbonyl (C=O) groups excluding carboxylic acids is 5. The highest BCUT2D eigenvalue weighted by molar-refractivity contribution is 5.92. The molecule has 2 saturated heterocycles. The molecule has 12 heteroatoms.